The summed E-state index contributed by atoms with van der Waals surface area (Å²) in [6.07, 6.45) is 0. The highest BCUT2D eigenvalue weighted by Gasteiger charge is 2.07. The van der Waals surface area contributed by atoms with E-state index in [2.05, 4.69) is 11.0 Å². The van der Waals surface area contributed by atoms with Gasteiger partial charge < -0.3 is 15.4 Å². The van der Waals surface area contributed by atoms with Crippen LogP contribution in [0.5, 0.6) is 5.75 Å². The van der Waals surface area contributed by atoms with E-state index in [1.807, 2.05) is 49.5 Å². The lowest BCUT2D eigenvalue weighted by atomic mass is 10.1. The molecule has 0 amide bonds. The average Bonchev–Trinajstić information content (AvgIpc) is 2.48. The van der Waals surface area contributed by atoms with E-state index in [0.29, 0.717) is 4.99 Å². The third-order valence-electron chi connectivity index (χ3n) is 3.19. The first-order valence-electron chi connectivity index (χ1n) is 6.34. The van der Waals surface area contributed by atoms with E-state index < -0.39 is 0 Å². The van der Waals surface area contributed by atoms with Gasteiger partial charge in [0.2, 0.25) is 0 Å². The normalized spacial score (nSPS) is 10.1. The van der Waals surface area contributed by atoms with Gasteiger partial charge in [0.1, 0.15) is 10.7 Å². The van der Waals surface area contributed by atoms with E-state index in [9.17, 15) is 0 Å². The van der Waals surface area contributed by atoms with Crippen LogP contribution in [0.25, 0.3) is 0 Å². The molecule has 0 aliphatic carbocycles. The lowest BCUT2D eigenvalue weighted by Crippen LogP contribution is -2.17. The number of methoxy groups -OCH3 is 1. The zero-order valence-electron chi connectivity index (χ0n) is 11.7. The number of anilines is 1. The molecule has 4 heteroatoms. The molecular formula is C16H18N2OS. The third kappa shape index (κ3) is 3.27. The van der Waals surface area contributed by atoms with Crippen molar-refractivity contribution in [2.75, 3.05) is 19.1 Å². The molecule has 0 aromatic heterocycles. The van der Waals surface area contributed by atoms with Crippen LogP contribution in [0, 0.1) is 0 Å². The standard InChI is InChI=1S/C16H18N2OS/c1-18(11-13-5-3-4-6-15(13)19-2)14-9-7-12(8-10-14)16(17)20/h3-10H,11H2,1-2H3,(H2,17,20). The molecule has 0 saturated heterocycles. The Kier molecular flexibility index (Phi) is 4.58. The molecular weight excluding hydrogens is 268 g/mol. The Morgan fingerprint density at radius 2 is 1.80 bits per heavy atom. The summed E-state index contributed by atoms with van der Waals surface area (Å²) in [5.41, 5.74) is 8.74. The quantitative estimate of drug-likeness (QED) is 0.858. The van der Waals surface area contributed by atoms with Gasteiger partial charge >= 0.3 is 0 Å². The van der Waals surface area contributed by atoms with Crippen molar-refractivity contribution in [3.05, 3.63) is 59.7 Å². The lowest BCUT2D eigenvalue weighted by molar-refractivity contribution is 0.409. The van der Waals surface area contributed by atoms with Crippen molar-refractivity contribution in [1.82, 2.24) is 0 Å². The van der Waals surface area contributed by atoms with E-state index in [1.54, 1.807) is 7.11 Å². The Morgan fingerprint density at radius 1 is 1.15 bits per heavy atom. The van der Waals surface area contributed by atoms with E-state index >= 15 is 0 Å². The summed E-state index contributed by atoms with van der Waals surface area (Å²) in [5, 5.41) is 0. The van der Waals surface area contributed by atoms with Crippen molar-refractivity contribution in [1.29, 1.82) is 0 Å². The summed E-state index contributed by atoms with van der Waals surface area (Å²) in [4.78, 5) is 2.57. The van der Waals surface area contributed by atoms with Crippen LogP contribution < -0.4 is 15.4 Å². The smallest absolute Gasteiger partial charge is 0.123 e. The second-order valence-electron chi connectivity index (χ2n) is 4.58. The predicted octanol–water partition coefficient (Wildman–Crippen LogP) is 2.97. The van der Waals surface area contributed by atoms with Crippen LogP contribution in [0.2, 0.25) is 0 Å². The third-order valence-corrected chi connectivity index (χ3v) is 3.43. The van der Waals surface area contributed by atoms with Crippen LogP contribution in [0.15, 0.2) is 48.5 Å². The number of thiocarbonyl (C=S) groups is 1. The van der Waals surface area contributed by atoms with Gasteiger partial charge in [-0.05, 0) is 30.3 Å². The molecule has 0 aliphatic heterocycles. The highest BCUT2D eigenvalue weighted by molar-refractivity contribution is 7.80. The van der Waals surface area contributed by atoms with Crippen LogP contribution >= 0.6 is 12.2 Å². The van der Waals surface area contributed by atoms with Crippen LogP contribution in [0.3, 0.4) is 0 Å². The van der Waals surface area contributed by atoms with Gasteiger partial charge in [0.05, 0.1) is 7.11 Å². The molecule has 0 atom stereocenters. The SMILES string of the molecule is COc1ccccc1CN(C)c1ccc(C(N)=S)cc1. The summed E-state index contributed by atoms with van der Waals surface area (Å²) >= 11 is 4.96. The number of nitrogens with zero attached hydrogens (tertiary/aromatic N) is 1. The summed E-state index contributed by atoms with van der Waals surface area (Å²) in [7, 11) is 3.73. The molecule has 0 saturated carbocycles. The van der Waals surface area contributed by atoms with E-state index in [4.69, 9.17) is 22.7 Å². The maximum Gasteiger partial charge on any atom is 0.123 e. The maximum atomic E-state index is 5.60. The largest absolute Gasteiger partial charge is 0.496 e. The number of ether oxygens (including phenoxy) is 1. The van der Waals surface area contributed by atoms with Crippen molar-refractivity contribution >= 4 is 22.9 Å². The first kappa shape index (κ1) is 14.3. The Morgan fingerprint density at radius 3 is 2.40 bits per heavy atom. The van der Waals surface area contributed by atoms with E-state index in [-0.39, 0.29) is 0 Å². The Balaban J connectivity index is 2.15. The molecule has 0 bridgehead atoms. The molecule has 0 radical (unpaired) electrons. The topological polar surface area (TPSA) is 38.5 Å². The highest BCUT2D eigenvalue weighted by atomic mass is 32.1. The van der Waals surface area contributed by atoms with Crippen LogP contribution in [-0.2, 0) is 6.54 Å². The Labute approximate surface area is 125 Å². The van der Waals surface area contributed by atoms with Gasteiger partial charge in [-0.2, -0.15) is 0 Å². The Hall–Kier alpha value is -2.07. The zero-order valence-corrected chi connectivity index (χ0v) is 12.5. The molecule has 2 N–H and O–H groups in total. The van der Waals surface area contributed by atoms with Crippen LogP contribution in [0.1, 0.15) is 11.1 Å². The van der Waals surface area contributed by atoms with Gasteiger partial charge in [-0.3, -0.25) is 0 Å². The number of rotatable bonds is 5. The molecule has 20 heavy (non-hydrogen) atoms. The van der Waals surface area contributed by atoms with Crippen LogP contribution in [0.4, 0.5) is 5.69 Å². The lowest BCUT2D eigenvalue weighted by Gasteiger charge is -2.21. The number of nitrogens with two attached hydrogens (primary N) is 1. The van der Waals surface area contributed by atoms with E-state index in [1.165, 1.54) is 0 Å². The second-order valence-corrected chi connectivity index (χ2v) is 5.02. The number of para-hydroxylation sites is 1. The summed E-state index contributed by atoms with van der Waals surface area (Å²) in [6.45, 7) is 0.774. The van der Waals surface area contributed by atoms with Crippen molar-refractivity contribution in [3.8, 4) is 5.75 Å². The first-order chi connectivity index (χ1) is 9.61. The minimum absolute atomic E-state index is 0.420. The van der Waals surface area contributed by atoms with Crippen molar-refractivity contribution in [3.63, 3.8) is 0 Å². The summed E-state index contributed by atoms with van der Waals surface area (Å²) < 4.78 is 5.37. The van der Waals surface area contributed by atoms with Gasteiger partial charge in [0, 0.05) is 30.4 Å². The molecule has 2 aromatic carbocycles. The fourth-order valence-electron chi connectivity index (χ4n) is 2.06. The van der Waals surface area contributed by atoms with Gasteiger partial charge in [0.25, 0.3) is 0 Å². The minimum Gasteiger partial charge on any atom is -0.496 e. The summed E-state index contributed by atoms with van der Waals surface area (Å²) in [5.74, 6) is 0.902. The number of benzene rings is 2. The van der Waals surface area contributed by atoms with E-state index in [0.717, 1.165) is 29.1 Å². The zero-order chi connectivity index (χ0) is 14.5. The van der Waals surface area contributed by atoms with Gasteiger partial charge in [0.15, 0.2) is 0 Å². The van der Waals surface area contributed by atoms with Crippen molar-refractivity contribution in [2.45, 2.75) is 6.54 Å². The molecule has 0 heterocycles. The molecule has 0 fully saturated rings. The van der Waals surface area contributed by atoms with Crippen LogP contribution in [-0.4, -0.2) is 19.1 Å². The Bertz CT molecular complexity index is 596. The maximum absolute atomic E-state index is 5.60. The second kappa shape index (κ2) is 6.39. The number of hydrogen-bond acceptors (Lipinski definition) is 3. The molecule has 0 aliphatic rings. The minimum atomic E-state index is 0.420. The van der Waals surface area contributed by atoms with Gasteiger partial charge in [-0.25, -0.2) is 0 Å². The molecule has 3 nitrogen and oxygen atoms in total. The average molecular weight is 286 g/mol. The molecule has 2 aromatic rings. The van der Waals surface area contributed by atoms with Crippen molar-refractivity contribution < 1.29 is 4.74 Å². The summed E-state index contributed by atoms with van der Waals surface area (Å²) in [6, 6.07) is 15.9. The predicted molar refractivity (Wildman–Crippen MR) is 87.4 cm³/mol. The van der Waals surface area contributed by atoms with Gasteiger partial charge in [-0.1, -0.05) is 30.4 Å². The highest BCUT2D eigenvalue weighted by Crippen LogP contribution is 2.22. The molecule has 104 valence electrons. The fraction of sp³-hybridized carbons (Fsp3) is 0.188. The molecule has 2 rings (SSSR count). The monoisotopic (exact) mass is 286 g/mol. The molecule has 0 unspecified atom stereocenters. The first-order valence-corrected chi connectivity index (χ1v) is 6.75. The fourth-order valence-corrected chi connectivity index (χ4v) is 2.20. The van der Waals surface area contributed by atoms with Gasteiger partial charge in [-0.15, -0.1) is 0 Å². The molecule has 0 spiro atoms. The van der Waals surface area contributed by atoms with Crippen molar-refractivity contribution in [2.24, 2.45) is 5.73 Å². The number of hydrogen-bond donors (Lipinski definition) is 1.